The first kappa shape index (κ1) is 9.78. The topological polar surface area (TPSA) is 32.9 Å². The average molecular weight is 212 g/mol. The van der Waals surface area contributed by atoms with Crippen molar-refractivity contribution in [2.75, 3.05) is 0 Å². The van der Waals surface area contributed by atoms with Gasteiger partial charge >= 0.3 is 0 Å². The van der Waals surface area contributed by atoms with Crippen molar-refractivity contribution in [3.05, 3.63) is 22.5 Å². The summed E-state index contributed by atoms with van der Waals surface area (Å²) in [6.07, 6.45) is 3.71. The van der Waals surface area contributed by atoms with Crippen LogP contribution in [-0.2, 0) is 6.42 Å². The van der Waals surface area contributed by atoms with Crippen LogP contribution in [0.1, 0.15) is 40.2 Å². The number of H-pyrrole nitrogens is 1. The molecule has 3 heteroatoms. The second-order valence-corrected chi connectivity index (χ2v) is 4.49. The highest BCUT2D eigenvalue weighted by molar-refractivity contribution is 6.68. The molecule has 0 amide bonds. The highest BCUT2D eigenvalue weighted by Crippen LogP contribution is 2.34. The Morgan fingerprint density at radius 1 is 1.50 bits per heavy atom. The molecular formula is C11H14ClNO. The third-order valence-corrected chi connectivity index (χ3v) is 3.12. The van der Waals surface area contributed by atoms with Gasteiger partial charge in [0, 0.05) is 11.4 Å². The largest absolute Gasteiger partial charge is 0.362 e. The van der Waals surface area contributed by atoms with Crippen LogP contribution < -0.4 is 0 Å². The molecule has 1 aliphatic carbocycles. The Labute approximate surface area is 88.7 Å². The van der Waals surface area contributed by atoms with Crippen LogP contribution in [0.15, 0.2) is 0 Å². The minimum atomic E-state index is -0.349. The van der Waals surface area contributed by atoms with Gasteiger partial charge in [-0.3, -0.25) is 4.79 Å². The molecule has 0 aromatic carbocycles. The molecule has 1 N–H and O–H groups in total. The van der Waals surface area contributed by atoms with Crippen molar-refractivity contribution in [1.29, 1.82) is 0 Å². The zero-order valence-corrected chi connectivity index (χ0v) is 9.24. The summed E-state index contributed by atoms with van der Waals surface area (Å²) in [6.45, 7) is 3.87. The van der Waals surface area contributed by atoms with Crippen molar-refractivity contribution >= 4 is 16.8 Å². The molecule has 0 unspecified atom stereocenters. The van der Waals surface area contributed by atoms with Gasteiger partial charge in [0.2, 0.25) is 0 Å². The Balaban J connectivity index is 2.32. The van der Waals surface area contributed by atoms with Crippen LogP contribution in [0.2, 0.25) is 0 Å². The summed E-state index contributed by atoms with van der Waals surface area (Å²) >= 11 is 5.52. The van der Waals surface area contributed by atoms with Crippen LogP contribution in [0.25, 0.3) is 0 Å². The van der Waals surface area contributed by atoms with Gasteiger partial charge < -0.3 is 4.98 Å². The van der Waals surface area contributed by atoms with Crippen molar-refractivity contribution < 1.29 is 4.79 Å². The average Bonchev–Trinajstić information content (AvgIpc) is 2.81. The lowest BCUT2D eigenvalue weighted by Crippen LogP contribution is -1.93. The Hall–Kier alpha value is -0.760. The van der Waals surface area contributed by atoms with Gasteiger partial charge in [-0.15, -0.1) is 0 Å². The fraction of sp³-hybridized carbons (Fsp3) is 0.545. The number of rotatable bonds is 3. The summed E-state index contributed by atoms with van der Waals surface area (Å²) in [5.74, 6) is 0.824. The van der Waals surface area contributed by atoms with Gasteiger partial charge in [0.05, 0.1) is 5.56 Å². The van der Waals surface area contributed by atoms with E-state index in [4.69, 9.17) is 11.6 Å². The Kier molecular flexibility index (Phi) is 2.40. The number of aromatic nitrogens is 1. The molecule has 0 bridgehead atoms. The quantitative estimate of drug-likeness (QED) is 0.767. The molecule has 2 nitrogen and oxygen atoms in total. The first-order valence-electron chi connectivity index (χ1n) is 4.97. The third-order valence-electron chi connectivity index (χ3n) is 2.93. The molecule has 0 atom stereocenters. The number of halogens is 1. The fourth-order valence-corrected chi connectivity index (χ4v) is 2.21. The fourth-order valence-electron chi connectivity index (χ4n) is 1.92. The van der Waals surface area contributed by atoms with Crippen LogP contribution in [0, 0.1) is 19.8 Å². The van der Waals surface area contributed by atoms with E-state index in [1.807, 2.05) is 13.8 Å². The number of carbonyl (C=O) groups excluding carboxylic acids is 1. The van der Waals surface area contributed by atoms with E-state index >= 15 is 0 Å². The number of hydrogen-bond donors (Lipinski definition) is 1. The maximum atomic E-state index is 11.1. The molecule has 1 saturated carbocycles. The second kappa shape index (κ2) is 3.43. The molecule has 1 fully saturated rings. The summed E-state index contributed by atoms with van der Waals surface area (Å²) < 4.78 is 0. The van der Waals surface area contributed by atoms with E-state index in [1.54, 1.807) is 0 Å². The SMILES string of the molecule is Cc1[nH]c(CC2CC2)c(C)c1C(=O)Cl. The van der Waals surface area contributed by atoms with Crippen LogP contribution in [-0.4, -0.2) is 10.2 Å². The van der Waals surface area contributed by atoms with E-state index in [2.05, 4.69) is 4.98 Å². The Morgan fingerprint density at radius 2 is 2.14 bits per heavy atom. The highest BCUT2D eigenvalue weighted by atomic mass is 35.5. The summed E-state index contributed by atoms with van der Waals surface area (Å²) in [5.41, 5.74) is 3.80. The third kappa shape index (κ3) is 1.71. The van der Waals surface area contributed by atoms with Crippen molar-refractivity contribution in [3.63, 3.8) is 0 Å². The first-order valence-corrected chi connectivity index (χ1v) is 5.35. The maximum Gasteiger partial charge on any atom is 0.254 e. The lowest BCUT2D eigenvalue weighted by Gasteiger charge is -1.97. The zero-order valence-electron chi connectivity index (χ0n) is 8.48. The first-order chi connectivity index (χ1) is 6.59. The molecule has 14 heavy (non-hydrogen) atoms. The normalized spacial score (nSPS) is 15.9. The molecule has 76 valence electrons. The lowest BCUT2D eigenvalue weighted by molar-refractivity contribution is 0.108. The molecule has 1 heterocycles. The van der Waals surface area contributed by atoms with Crippen molar-refractivity contribution in [1.82, 2.24) is 4.98 Å². The molecule has 0 aliphatic heterocycles. The van der Waals surface area contributed by atoms with Gasteiger partial charge in [-0.2, -0.15) is 0 Å². The number of hydrogen-bond acceptors (Lipinski definition) is 1. The van der Waals surface area contributed by atoms with E-state index < -0.39 is 0 Å². The van der Waals surface area contributed by atoms with Gasteiger partial charge in [-0.05, 0) is 56.2 Å². The Morgan fingerprint density at radius 3 is 2.57 bits per heavy atom. The molecule has 1 aliphatic rings. The lowest BCUT2D eigenvalue weighted by atomic mass is 10.1. The summed E-state index contributed by atoms with van der Waals surface area (Å²) in [4.78, 5) is 14.4. The molecule has 0 saturated heterocycles. The summed E-state index contributed by atoms with van der Waals surface area (Å²) in [5, 5.41) is -0.349. The smallest absolute Gasteiger partial charge is 0.254 e. The van der Waals surface area contributed by atoms with Gasteiger partial charge in [0.1, 0.15) is 0 Å². The molecule has 1 aromatic rings. The van der Waals surface area contributed by atoms with Crippen LogP contribution >= 0.6 is 11.6 Å². The number of aromatic amines is 1. The van der Waals surface area contributed by atoms with Gasteiger partial charge in [0.25, 0.3) is 5.24 Å². The zero-order chi connectivity index (χ0) is 10.3. The summed E-state index contributed by atoms with van der Waals surface area (Å²) in [6, 6.07) is 0. The van der Waals surface area contributed by atoms with E-state index in [1.165, 1.54) is 18.5 Å². The van der Waals surface area contributed by atoms with Crippen molar-refractivity contribution in [2.45, 2.75) is 33.1 Å². The van der Waals surface area contributed by atoms with E-state index in [0.717, 1.165) is 23.6 Å². The van der Waals surface area contributed by atoms with E-state index in [9.17, 15) is 4.79 Å². The number of carbonyl (C=O) groups is 1. The van der Waals surface area contributed by atoms with Gasteiger partial charge in [0.15, 0.2) is 0 Å². The predicted molar refractivity (Wildman–Crippen MR) is 56.9 cm³/mol. The van der Waals surface area contributed by atoms with Crippen LogP contribution in [0.4, 0.5) is 0 Å². The molecule has 1 aromatic heterocycles. The molecule has 0 radical (unpaired) electrons. The monoisotopic (exact) mass is 211 g/mol. The van der Waals surface area contributed by atoms with Crippen molar-refractivity contribution in [3.8, 4) is 0 Å². The van der Waals surface area contributed by atoms with Gasteiger partial charge in [-0.25, -0.2) is 0 Å². The molecular weight excluding hydrogens is 198 g/mol. The minimum absolute atomic E-state index is 0.349. The highest BCUT2D eigenvalue weighted by Gasteiger charge is 2.25. The summed E-state index contributed by atoms with van der Waals surface area (Å²) in [7, 11) is 0. The number of nitrogens with one attached hydrogen (secondary N) is 1. The molecule has 2 rings (SSSR count). The minimum Gasteiger partial charge on any atom is -0.362 e. The van der Waals surface area contributed by atoms with Crippen molar-refractivity contribution in [2.24, 2.45) is 5.92 Å². The predicted octanol–water partition coefficient (Wildman–Crippen LogP) is 2.96. The Bertz CT molecular complexity index is 377. The van der Waals surface area contributed by atoms with Crippen LogP contribution in [0.5, 0.6) is 0 Å². The second-order valence-electron chi connectivity index (χ2n) is 4.15. The standard InChI is InChI=1S/C11H14ClNO/c1-6-9(5-8-3-4-8)13-7(2)10(6)11(12)14/h8,13H,3-5H2,1-2H3. The van der Waals surface area contributed by atoms with Gasteiger partial charge in [-0.1, -0.05) is 0 Å². The number of aryl methyl sites for hydroxylation is 1. The molecule has 0 spiro atoms. The van der Waals surface area contributed by atoms with E-state index in [-0.39, 0.29) is 5.24 Å². The van der Waals surface area contributed by atoms with Crippen LogP contribution in [0.3, 0.4) is 0 Å². The maximum absolute atomic E-state index is 11.1. The van der Waals surface area contributed by atoms with E-state index in [0.29, 0.717) is 5.56 Å².